The van der Waals surface area contributed by atoms with Crippen molar-refractivity contribution in [3.63, 3.8) is 0 Å². The third kappa shape index (κ3) is 3.29. The summed E-state index contributed by atoms with van der Waals surface area (Å²) in [5.74, 6) is 0.985. The predicted molar refractivity (Wildman–Crippen MR) is 92.6 cm³/mol. The molecule has 106 valence electrons. The van der Waals surface area contributed by atoms with Crippen LogP contribution in [0.4, 0.5) is 0 Å². The molecule has 3 aromatic carbocycles. The fraction of sp³-hybridized carbons (Fsp3) is 0.158. The van der Waals surface area contributed by atoms with Crippen molar-refractivity contribution in [2.75, 3.05) is 0 Å². The van der Waals surface area contributed by atoms with Crippen LogP contribution in [0, 0.1) is 0 Å². The van der Waals surface area contributed by atoms with E-state index >= 15 is 0 Å². The standard InChI is InChI=1S/C19H19NS/c1-14(20)15-9-11-18(12-10-15)21-13-17-7-4-6-16-5-2-3-8-19(16)17/h2-12,14H,13,20H2,1H3. The Morgan fingerprint density at radius 3 is 2.38 bits per heavy atom. The molecule has 0 aromatic heterocycles. The molecule has 0 heterocycles. The van der Waals surface area contributed by atoms with Gasteiger partial charge in [-0.25, -0.2) is 0 Å². The lowest BCUT2D eigenvalue weighted by Gasteiger charge is -2.08. The maximum absolute atomic E-state index is 5.88. The van der Waals surface area contributed by atoms with Crippen molar-refractivity contribution in [3.05, 3.63) is 77.9 Å². The van der Waals surface area contributed by atoms with Gasteiger partial charge in [0, 0.05) is 16.7 Å². The van der Waals surface area contributed by atoms with Gasteiger partial charge in [0.25, 0.3) is 0 Å². The van der Waals surface area contributed by atoms with Gasteiger partial charge >= 0.3 is 0 Å². The molecule has 0 bridgehead atoms. The third-order valence-corrected chi connectivity index (χ3v) is 4.74. The fourth-order valence-corrected chi connectivity index (χ4v) is 3.35. The molecule has 2 heteroatoms. The van der Waals surface area contributed by atoms with Crippen LogP contribution in [-0.4, -0.2) is 0 Å². The van der Waals surface area contributed by atoms with Crippen molar-refractivity contribution in [2.45, 2.75) is 23.6 Å². The van der Waals surface area contributed by atoms with E-state index < -0.39 is 0 Å². The van der Waals surface area contributed by atoms with Crippen LogP contribution in [0.25, 0.3) is 10.8 Å². The molecular formula is C19H19NS. The second kappa shape index (κ2) is 6.33. The monoisotopic (exact) mass is 293 g/mol. The molecule has 2 N–H and O–H groups in total. The Morgan fingerprint density at radius 1 is 0.905 bits per heavy atom. The highest BCUT2D eigenvalue weighted by Gasteiger charge is 2.03. The van der Waals surface area contributed by atoms with Crippen molar-refractivity contribution < 1.29 is 0 Å². The van der Waals surface area contributed by atoms with E-state index in [-0.39, 0.29) is 6.04 Å². The van der Waals surface area contributed by atoms with Crippen molar-refractivity contribution in [1.29, 1.82) is 0 Å². The van der Waals surface area contributed by atoms with E-state index in [1.165, 1.54) is 26.8 Å². The first kappa shape index (κ1) is 14.2. The summed E-state index contributed by atoms with van der Waals surface area (Å²) < 4.78 is 0. The van der Waals surface area contributed by atoms with Crippen molar-refractivity contribution in [1.82, 2.24) is 0 Å². The lowest BCUT2D eigenvalue weighted by atomic mass is 10.1. The Labute approximate surface area is 130 Å². The number of benzene rings is 3. The Bertz CT molecular complexity index is 727. The Morgan fingerprint density at radius 2 is 1.62 bits per heavy atom. The van der Waals surface area contributed by atoms with Crippen LogP contribution in [0.15, 0.2) is 71.6 Å². The summed E-state index contributed by atoms with van der Waals surface area (Å²) in [5.41, 5.74) is 8.45. The molecule has 0 amide bonds. The van der Waals surface area contributed by atoms with E-state index in [0.29, 0.717) is 0 Å². The zero-order valence-corrected chi connectivity index (χ0v) is 12.9. The smallest absolute Gasteiger partial charge is 0.0266 e. The molecule has 3 rings (SSSR count). The van der Waals surface area contributed by atoms with Crippen molar-refractivity contribution in [3.8, 4) is 0 Å². The maximum Gasteiger partial charge on any atom is 0.0266 e. The van der Waals surface area contributed by atoms with Gasteiger partial charge in [0.05, 0.1) is 0 Å². The molecular weight excluding hydrogens is 274 g/mol. The fourth-order valence-electron chi connectivity index (χ4n) is 2.45. The lowest BCUT2D eigenvalue weighted by Crippen LogP contribution is -2.04. The molecule has 1 atom stereocenters. The summed E-state index contributed by atoms with van der Waals surface area (Å²) in [6.45, 7) is 2.01. The normalized spacial score (nSPS) is 12.5. The minimum Gasteiger partial charge on any atom is -0.324 e. The van der Waals surface area contributed by atoms with Crippen molar-refractivity contribution >= 4 is 22.5 Å². The molecule has 21 heavy (non-hydrogen) atoms. The first-order valence-corrected chi connectivity index (χ1v) is 8.17. The van der Waals surface area contributed by atoms with Gasteiger partial charge in [-0.15, -0.1) is 11.8 Å². The van der Waals surface area contributed by atoms with E-state index in [4.69, 9.17) is 5.73 Å². The molecule has 0 aliphatic carbocycles. The topological polar surface area (TPSA) is 26.0 Å². The van der Waals surface area contributed by atoms with Gasteiger partial charge in [-0.05, 0) is 41.0 Å². The molecule has 0 spiro atoms. The zero-order chi connectivity index (χ0) is 14.7. The van der Waals surface area contributed by atoms with Gasteiger partial charge in [0.15, 0.2) is 0 Å². The number of thioether (sulfide) groups is 1. The van der Waals surface area contributed by atoms with E-state index in [2.05, 4.69) is 66.7 Å². The number of hydrogen-bond donors (Lipinski definition) is 1. The van der Waals surface area contributed by atoms with Crippen LogP contribution in [0.1, 0.15) is 24.1 Å². The third-order valence-electron chi connectivity index (χ3n) is 3.68. The summed E-state index contributed by atoms with van der Waals surface area (Å²) in [7, 11) is 0. The summed E-state index contributed by atoms with van der Waals surface area (Å²) in [5, 5.41) is 2.66. The Balaban J connectivity index is 1.77. The first-order chi connectivity index (χ1) is 10.2. The van der Waals surface area contributed by atoms with E-state index in [9.17, 15) is 0 Å². The second-order valence-electron chi connectivity index (χ2n) is 5.28. The molecule has 1 unspecified atom stereocenters. The quantitative estimate of drug-likeness (QED) is 0.673. The van der Waals surface area contributed by atoms with Crippen LogP contribution >= 0.6 is 11.8 Å². The summed E-state index contributed by atoms with van der Waals surface area (Å²) in [4.78, 5) is 1.28. The van der Waals surface area contributed by atoms with Crippen LogP contribution in [0.5, 0.6) is 0 Å². The largest absolute Gasteiger partial charge is 0.324 e. The minimum absolute atomic E-state index is 0.0992. The maximum atomic E-state index is 5.88. The second-order valence-corrected chi connectivity index (χ2v) is 6.33. The van der Waals surface area contributed by atoms with Crippen LogP contribution in [0.2, 0.25) is 0 Å². The summed E-state index contributed by atoms with van der Waals surface area (Å²) in [6, 6.07) is 23.7. The van der Waals surface area contributed by atoms with Gasteiger partial charge in [0.1, 0.15) is 0 Å². The van der Waals surface area contributed by atoms with Crippen LogP contribution in [-0.2, 0) is 5.75 Å². The molecule has 3 aromatic rings. The van der Waals surface area contributed by atoms with E-state index in [1.54, 1.807) is 0 Å². The molecule has 1 nitrogen and oxygen atoms in total. The van der Waals surface area contributed by atoms with E-state index in [0.717, 1.165) is 5.75 Å². The predicted octanol–water partition coefficient (Wildman–Crippen LogP) is 5.15. The molecule has 0 fully saturated rings. The average molecular weight is 293 g/mol. The van der Waals surface area contributed by atoms with Gasteiger partial charge in [-0.3, -0.25) is 0 Å². The molecule has 0 radical (unpaired) electrons. The van der Waals surface area contributed by atoms with E-state index in [1.807, 2.05) is 18.7 Å². The van der Waals surface area contributed by atoms with Gasteiger partial charge in [-0.2, -0.15) is 0 Å². The number of nitrogens with two attached hydrogens (primary N) is 1. The molecule has 0 aliphatic heterocycles. The molecule has 0 aliphatic rings. The number of hydrogen-bond acceptors (Lipinski definition) is 2. The van der Waals surface area contributed by atoms with Gasteiger partial charge in [0.2, 0.25) is 0 Å². The first-order valence-electron chi connectivity index (χ1n) is 7.19. The van der Waals surface area contributed by atoms with Gasteiger partial charge < -0.3 is 5.73 Å². The van der Waals surface area contributed by atoms with Crippen LogP contribution in [0.3, 0.4) is 0 Å². The average Bonchev–Trinajstić information content (AvgIpc) is 2.53. The SMILES string of the molecule is CC(N)c1ccc(SCc2cccc3ccccc23)cc1. The highest BCUT2D eigenvalue weighted by Crippen LogP contribution is 2.28. The summed E-state index contributed by atoms with van der Waals surface area (Å²) >= 11 is 1.87. The van der Waals surface area contributed by atoms with Crippen molar-refractivity contribution in [2.24, 2.45) is 5.73 Å². The summed E-state index contributed by atoms with van der Waals surface area (Å²) in [6.07, 6.45) is 0. The minimum atomic E-state index is 0.0992. The molecule has 0 saturated heterocycles. The van der Waals surface area contributed by atoms with Crippen LogP contribution < -0.4 is 5.73 Å². The molecule has 0 saturated carbocycles. The number of rotatable bonds is 4. The highest BCUT2D eigenvalue weighted by molar-refractivity contribution is 7.98. The number of fused-ring (bicyclic) bond motifs is 1. The van der Waals surface area contributed by atoms with Gasteiger partial charge in [-0.1, -0.05) is 54.6 Å². The Kier molecular flexibility index (Phi) is 4.28. The lowest BCUT2D eigenvalue weighted by molar-refractivity contribution is 0.817. The Hall–Kier alpha value is -1.77. The highest BCUT2D eigenvalue weighted by atomic mass is 32.2. The zero-order valence-electron chi connectivity index (χ0n) is 12.1.